The maximum absolute atomic E-state index is 12.6. The van der Waals surface area contributed by atoms with Gasteiger partial charge in [-0.25, -0.2) is 8.42 Å². The fraction of sp³-hybridized carbons (Fsp3) is 0.286. The van der Waals surface area contributed by atoms with Gasteiger partial charge in [0, 0.05) is 6.20 Å². The molecule has 0 atom stereocenters. The molecule has 1 aromatic heterocycles. The molecule has 0 amide bonds. The smallest absolute Gasteiger partial charge is 0.261 e. The lowest BCUT2D eigenvalue weighted by atomic mass is 10.1. The maximum atomic E-state index is 12.6. The zero-order chi connectivity index (χ0) is 19.3. The van der Waals surface area contributed by atoms with Crippen molar-refractivity contribution in [2.45, 2.75) is 44.6 Å². The first kappa shape index (κ1) is 19.2. The predicted octanol–water partition coefficient (Wildman–Crippen LogP) is 4.38. The van der Waals surface area contributed by atoms with Gasteiger partial charge in [0.2, 0.25) is 0 Å². The molecule has 5 nitrogen and oxygen atoms in total. The van der Waals surface area contributed by atoms with Gasteiger partial charge in [0.15, 0.2) is 0 Å². The highest BCUT2D eigenvalue weighted by atomic mass is 32.2. The number of aromatic nitrogens is 2. The van der Waals surface area contributed by atoms with E-state index in [1.165, 1.54) is 11.8 Å². The molecule has 0 bridgehead atoms. The van der Waals surface area contributed by atoms with Gasteiger partial charge in [-0.05, 0) is 48.6 Å². The second-order valence-corrected chi connectivity index (χ2v) is 8.39. The molecule has 0 spiro atoms. The Kier molecular flexibility index (Phi) is 5.96. The summed E-state index contributed by atoms with van der Waals surface area (Å²) in [5.41, 5.74) is 3.94. The van der Waals surface area contributed by atoms with Gasteiger partial charge in [-0.15, -0.1) is 0 Å². The van der Waals surface area contributed by atoms with Gasteiger partial charge in [0.05, 0.1) is 23.3 Å². The molecule has 142 valence electrons. The van der Waals surface area contributed by atoms with E-state index in [0.29, 0.717) is 12.2 Å². The van der Waals surface area contributed by atoms with Crippen LogP contribution in [-0.4, -0.2) is 18.2 Å². The van der Waals surface area contributed by atoms with Crippen LogP contribution in [0.25, 0.3) is 0 Å². The number of benzene rings is 2. The summed E-state index contributed by atoms with van der Waals surface area (Å²) in [5, 5.41) is 4.27. The summed E-state index contributed by atoms with van der Waals surface area (Å²) in [5.74, 6) is 0. The summed E-state index contributed by atoms with van der Waals surface area (Å²) >= 11 is 0. The van der Waals surface area contributed by atoms with Crippen molar-refractivity contribution in [1.82, 2.24) is 9.78 Å². The Bertz CT molecular complexity index is 992. The van der Waals surface area contributed by atoms with Crippen LogP contribution in [0.15, 0.2) is 65.8 Å². The number of hydrogen-bond acceptors (Lipinski definition) is 3. The van der Waals surface area contributed by atoms with Gasteiger partial charge >= 0.3 is 0 Å². The summed E-state index contributed by atoms with van der Waals surface area (Å²) in [6.45, 7) is 4.79. The number of hydrogen-bond donors (Lipinski definition) is 1. The summed E-state index contributed by atoms with van der Waals surface area (Å²) in [7, 11) is -3.62. The largest absolute Gasteiger partial charge is 0.276 e. The third kappa shape index (κ3) is 4.98. The van der Waals surface area contributed by atoms with E-state index in [0.717, 1.165) is 30.4 Å². The number of nitrogens with zero attached hydrogens (tertiary/aromatic N) is 2. The lowest BCUT2D eigenvalue weighted by Gasteiger charge is -2.07. The first-order valence-electron chi connectivity index (χ1n) is 9.16. The minimum absolute atomic E-state index is 0.259. The Labute approximate surface area is 161 Å². The van der Waals surface area contributed by atoms with Crippen molar-refractivity contribution in [3.8, 4) is 0 Å². The molecular weight excluding hydrogens is 358 g/mol. The summed E-state index contributed by atoms with van der Waals surface area (Å²) < 4.78 is 29.5. The van der Waals surface area contributed by atoms with Gasteiger partial charge < -0.3 is 0 Å². The van der Waals surface area contributed by atoms with E-state index in [4.69, 9.17) is 0 Å². The number of nitrogens with one attached hydrogen (secondary N) is 1. The Balaban J connectivity index is 1.69. The monoisotopic (exact) mass is 383 g/mol. The molecule has 0 saturated heterocycles. The van der Waals surface area contributed by atoms with E-state index in [-0.39, 0.29) is 4.90 Å². The van der Waals surface area contributed by atoms with Crippen LogP contribution in [0, 0.1) is 6.92 Å². The zero-order valence-electron chi connectivity index (χ0n) is 15.7. The molecule has 0 saturated carbocycles. The van der Waals surface area contributed by atoms with Crippen molar-refractivity contribution in [3.05, 3.63) is 77.6 Å². The van der Waals surface area contributed by atoms with E-state index >= 15 is 0 Å². The van der Waals surface area contributed by atoms with Crippen LogP contribution in [0.1, 0.15) is 36.5 Å². The van der Waals surface area contributed by atoms with Crippen LogP contribution >= 0.6 is 0 Å². The van der Waals surface area contributed by atoms with Crippen molar-refractivity contribution in [2.75, 3.05) is 4.72 Å². The highest BCUT2D eigenvalue weighted by Gasteiger charge is 2.15. The number of anilines is 1. The average Bonchev–Trinajstić information content (AvgIpc) is 3.08. The molecule has 0 fully saturated rings. The van der Waals surface area contributed by atoms with Crippen LogP contribution in [-0.2, 0) is 23.0 Å². The summed E-state index contributed by atoms with van der Waals surface area (Å²) in [6.07, 6.45) is 6.43. The third-order valence-corrected chi connectivity index (χ3v) is 5.93. The highest BCUT2D eigenvalue weighted by Crippen LogP contribution is 2.18. The summed E-state index contributed by atoms with van der Waals surface area (Å²) in [6, 6.07) is 15.1. The third-order valence-electron chi connectivity index (χ3n) is 4.53. The zero-order valence-corrected chi connectivity index (χ0v) is 16.5. The van der Waals surface area contributed by atoms with Gasteiger partial charge in [-0.3, -0.25) is 9.40 Å². The van der Waals surface area contributed by atoms with E-state index in [9.17, 15) is 8.42 Å². The van der Waals surface area contributed by atoms with Gasteiger partial charge in [0.1, 0.15) is 0 Å². The van der Waals surface area contributed by atoms with Crippen molar-refractivity contribution in [2.24, 2.45) is 0 Å². The first-order chi connectivity index (χ1) is 13.0. The molecule has 1 heterocycles. The van der Waals surface area contributed by atoms with E-state index < -0.39 is 10.0 Å². The Hall–Kier alpha value is -2.60. The van der Waals surface area contributed by atoms with Crippen LogP contribution in [0.2, 0.25) is 0 Å². The fourth-order valence-electron chi connectivity index (χ4n) is 2.90. The molecular formula is C21H25N3O2S. The lowest BCUT2D eigenvalue weighted by Crippen LogP contribution is -2.12. The second-order valence-electron chi connectivity index (χ2n) is 6.71. The Morgan fingerprint density at radius 1 is 1.07 bits per heavy atom. The van der Waals surface area contributed by atoms with Gasteiger partial charge in [0.25, 0.3) is 10.0 Å². The van der Waals surface area contributed by atoms with E-state index in [1.807, 2.05) is 43.3 Å². The topological polar surface area (TPSA) is 64.0 Å². The van der Waals surface area contributed by atoms with Crippen LogP contribution in [0.4, 0.5) is 5.69 Å². The van der Waals surface area contributed by atoms with Crippen molar-refractivity contribution in [1.29, 1.82) is 0 Å². The molecule has 0 radical (unpaired) electrons. The molecule has 0 aliphatic heterocycles. The van der Waals surface area contributed by atoms with Crippen LogP contribution < -0.4 is 4.72 Å². The normalized spacial score (nSPS) is 11.5. The summed E-state index contributed by atoms with van der Waals surface area (Å²) in [4.78, 5) is 0.259. The number of aryl methyl sites for hydroxylation is 2. The highest BCUT2D eigenvalue weighted by molar-refractivity contribution is 7.92. The molecule has 6 heteroatoms. The second kappa shape index (κ2) is 8.39. The molecule has 27 heavy (non-hydrogen) atoms. The molecule has 0 unspecified atom stereocenters. The minimum Gasteiger partial charge on any atom is -0.276 e. The maximum Gasteiger partial charge on any atom is 0.261 e. The molecule has 3 rings (SSSR count). The number of unbranched alkanes of at least 4 members (excludes halogenated alkanes) is 1. The van der Waals surface area contributed by atoms with E-state index in [2.05, 4.69) is 16.7 Å². The number of sulfonamides is 1. The van der Waals surface area contributed by atoms with Crippen LogP contribution in [0.3, 0.4) is 0 Å². The van der Waals surface area contributed by atoms with Crippen molar-refractivity contribution >= 4 is 15.7 Å². The SMILES string of the molecule is CCCCc1ccc(S(=O)(=O)Nc2cnn(Cc3ccccc3C)c2)cc1. The van der Waals surface area contributed by atoms with Crippen molar-refractivity contribution < 1.29 is 8.42 Å². The molecule has 3 aromatic rings. The molecule has 0 aliphatic rings. The first-order valence-corrected chi connectivity index (χ1v) is 10.6. The lowest BCUT2D eigenvalue weighted by molar-refractivity contribution is 0.601. The van der Waals surface area contributed by atoms with E-state index in [1.54, 1.807) is 23.0 Å². The Morgan fingerprint density at radius 2 is 1.81 bits per heavy atom. The molecule has 1 N–H and O–H groups in total. The predicted molar refractivity (Wildman–Crippen MR) is 108 cm³/mol. The fourth-order valence-corrected chi connectivity index (χ4v) is 3.92. The Morgan fingerprint density at radius 3 is 2.52 bits per heavy atom. The number of rotatable bonds is 8. The minimum atomic E-state index is -3.62. The molecule has 2 aromatic carbocycles. The quantitative estimate of drug-likeness (QED) is 0.628. The van der Waals surface area contributed by atoms with Crippen molar-refractivity contribution in [3.63, 3.8) is 0 Å². The van der Waals surface area contributed by atoms with Gasteiger partial charge in [-0.1, -0.05) is 49.7 Å². The standard InChI is InChI=1S/C21H25N3O2S/c1-3-4-8-18-10-12-21(13-11-18)27(25,26)23-20-14-22-24(16-20)15-19-9-6-5-7-17(19)2/h5-7,9-14,16,23H,3-4,8,15H2,1-2H3. The van der Waals surface area contributed by atoms with Crippen LogP contribution in [0.5, 0.6) is 0 Å². The molecule has 0 aliphatic carbocycles. The average molecular weight is 384 g/mol. The van der Waals surface area contributed by atoms with Gasteiger partial charge in [-0.2, -0.15) is 5.10 Å².